The number of nitrogens with one attached hydrogen (secondary N) is 2. The van der Waals surface area contributed by atoms with Crippen LogP contribution in [0.3, 0.4) is 0 Å². The van der Waals surface area contributed by atoms with Crippen LogP contribution in [0, 0.1) is 12.3 Å². The van der Waals surface area contributed by atoms with Crippen molar-refractivity contribution in [1.29, 1.82) is 5.41 Å². The molecule has 0 aliphatic carbocycles. The Kier molecular flexibility index (Phi) is 2.15. The van der Waals surface area contributed by atoms with E-state index in [-0.39, 0.29) is 5.96 Å². The van der Waals surface area contributed by atoms with Gasteiger partial charge in [-0.2, -0.15) is 0 Å². The van der Waals surface area contributed by atoms with Gasteiger partial charge in [0.1, 0.15) is 11.5 Å². The topological polar surface area (TPSA) is 75.0 Å². The molecule has 1 aromatic heterocycles. The Morgan fingerprint density at radius 2 is 2.45 bits per heavy atom. The molecule has 11 heavy (non-hydrogen) atoms. The van der Waals surface area contributed by atoms with Gasteiger partial charge in [-0.25, -0.2) is 0 Å². The van der Waals surface area contributed by atoms with E-state index in [0.717, 1.165) is 11.5 Å². The van der Waals surface area contributed by atoms with Gasteiger partial charge in [0.15, 0.2) is 5.96 Å². The average Bonchev–Trinajstić information content (AvgIpc) is 2.31. The summed E-state index contributed by atoms with van der Waals surface area (Å²) in [6.45, 7) is 2.35. The monoisotopic (exact) mass is 153 g/mol. The Hall–Kier alpha value is -1.45. The van der Waals surface area contributed by atoms with Crippen LogP contribution in [0.25, 0.3) is 0 Å². The normalized spacial score (nSPS) is 9.55. The number of guanidine groups is 1. The van der Waals surface area contributed by atoms with Crippen molar-refractivity contribution in [3.63, 3.8) is 0 Å². The fourth-order valence-electron chi connectivity index (χ4n) is 0.762. The first-order valence-corrected chi connectivity index (χ1v) is 3.31. The van der Waals surface area contributed by atoms with Crippen LogP contribution in [0.15, 0.2) is 16.5 Å². The van der Waals surface area contributed by atoms with Gasteiger partial charge in [-0.15, -0.1) is 0 Å². The summed E-state index contributed by atoms with van der Waals surface area (Å²) in [5.74, 6) is 1.61. The molecule has 0 atom stereocenters. The van der Waals surface area contributed by atoms with E-state index < -0.39 is 0 Å². The lowest BCUT2D eigenvalue weighted by Gasteiger charge is -1.98. The van der Waals surface area contributed by atoms with Gasteiger partial charge in [-0.3, -0.25) is 5.41 Å². The number of hydrogen-bond donors (Lipinski definition) is 3. The third-order valence-electron chi connectivity index (χ3n) is 1.25. The Morgan fingerprint density at radius 3 is 2.91 bits per heavy atom. The molecular weight excluding hydrogens is 142 g/mol. The van der Waals surface area contributed by atoms with Gasteiger partial charge in [0.05, 0.1) is 6.54 Å². The Labute approximate surface area is 64.9 Å². The van der Waals surface area contributed by atoms with Gasteiger partial charge in [-0.05, 0) is 19.1 Å². The summed E-state index contributed by atoms with van der Waals surface area (Å²) in [6, 6.07) is 3.72. The molecule has 0 aliphatic heterocycles. The SMILES string of the molecule is Cc1ccc(CNC(=N)N)o1. The van der Waals surface area contributed by atoms with Crippen LogP contribution in [0.1, 0.15) is 11.5 Å². The maximum Gasteiger partial charge on any atom is 0.186 e. The highest BCUT2D eigenvalue weighted by molar-refractivity contribution is 5.74. The maximum absolute atomic E-state index is 6.88. The molecule has 1 heterocycles. The van der Waals surface area contributed by atoms with Crippen molar-refractivity contribution in [3.05, 3.63) is 23.7 Å². The molecule has 60 valence electrons. The smallest absolute Gasteiger partial charge is 0.186 e. The molecule has 1 aromatic rings. The third-order valence-corrected chi connectivity index (χ3v) is 1.25. The zero-order valence-electron chi connectivity index (χ0n) is 6.35. The fraction of sp³-hybridized carbons (Fsp3) is 0.286. The van der Waals surface area contributed by atoms with E-state index in [1.54, 1.807) is 0 Å². The summed E-state index contributed by atoms with van der Waals surface area (Å²) in [6.07, 6.45) is 0. The van der Waals surface area contributed by atoms with Crippen molar-refractivity contribution in [2.45, 2.75) is 13.5 Å². The highest BCUT2D eigenvalue weighted by atomic mass is 16.3. The molecule has 0 aromatic carbocycles. The largest absolute Gasteiger partial charge is 0.465 e. The van der Waals surface area contributed by atoms with Gasteiger partial charge in [0, 0.05) is 0 Å². The van der Waals surface area contributed by atoms with E-state index in [4.69, 9.17) is 15.6 Å². The van der Waals surface area contributed by atoms with E-state index >= 15 is 0 Å². The molecule has 1 rings (SSSR count). The zero-order valence-corrected chi connectivity index (χ0v) is 6.35. The number of furan rings is 1. The van der Waals surface area contributed by atoms with Crippen LogP contribution < -0.4 is 11.1 Å². The average molecular weight is 153 g/mol. The standard InChI is InChI=1S/C7H11N3O/c1-5-2-3-6(11-5)4-10-7(8)9/h2-3H,4H2,1H3,(H4,8,9,10). The summed E-state index contributed by atoms with van der Waals surface area (Å²) in [4.78, 5) is 0. The Balaban J connectivity index is 2.45. The van der Waals surface area contributed by atoms with Crippen LogP contribution in [0.4, 0.5) is 0 Å². The van der Waals surface area contributed by atoms with Crippen molar-refractivity contribution in [1.82, 2.24) is 5.32 Å². The quantitative estimate of drug-likeness (QED) is 0.429. The molecule has 0 amide bonds. The fourth-order valence-corrected chi connectivity index (χ4v) is 0.762. The number of hydrogen-bond acceptors (Lipinski definition) is 2. The van der Waals surface area contributed by atoms with E-state index in [9.17, 15) is 0 Å². The molecule has 4 nitrogen and oxygen atoms in total. The molecule has 4 N–H and O–H groups in total. The second-order valence-electron chi connectivity index (χ2n) is 2.28. The molecule has 0 aliphatic rings. The minimum Gasteiger partial charge on any atom is -0.465 e. The predicted octanol–water partition coefficient (Wildman–Crippen LogP) is 0.571. The van der Waals surface area contributed by atoms with Crippen molar-refractivity contribution in [3.8, 4) is 0 Å². The summed E-state index contributed by atoms with van der Waals surface area (Å²) < 4.78 is 5.22. The van der Waals surface area contributed by atoms with Gasteiger partial charge >= 0.3 is 0 Å². The molecule has 0 saturated heterocycles. The predicted molar refractivity (Wildman–Crippen MR) is 42.2 cm³/mol. The zero-order chi connectivity index (χ0) is 8.27. The van der Waals surface area contributed by atoms with Crippen molar-refractivity contribution >= 4 is 5.96 Å². The van der Waals surface area contributed by atoms with Gasteiger partial charge in [0.2, 0.25) is 0 Å². The second-order valence-corrected chi connectivity index (χ2v) is 2.28. The van der Waals surface area contributed by atoms with E-state index in [1.807, 2.05) is 19.1 Å². The number of nitrogens with two attached hydrogens (primary N) is 1. The van der Waals surface area contributed by atoms with Crippen molar-refractivity contribution in [2.24, 2.45) is 5.73 Å². The summed E-state index contributed by atoms with van der Waals surface area (Å²) >= 11 is 0. The molecule has 0 spiro atoms. The summed E-state index contributed by atoms with van der Waals surface area (Å²) in [5.41, 5.74) is 5.08. The summed E-state index contributed by atoms with van der Waals surface area (Å²) in [7, 11) is 0. The lowest BCUT2D eigenvalue weighted by Crippen LogP contribution is -2.29. The van der Waals surface area contributed by atoms with Crippen molar-refractivity contribution < 1.29 is 4.42 Å². The van der Waals surface area contributed by atoms with Gasteiger partial charge < -0.3 is 15.5 Å². The van der Waals surface area contributed by atoms with E-state index in [1.165, 1.54) is 0 Å². The van der Waals surface area contributed by atoms with E-state index in [0.29, 0.717) is 6.54 Å². The minimum atomic E-state index is -0.0425. The Bertz CT molecular complexity index is 254. The molecular formula is C7H11N3O. The highest BCUT2D eigenvalue weighted by Crippen LogP contribution is 2.04. The van der Waals surface area contributed by atoms with Crippen LogP contribution in [0.5, 0.6) is 0 Å². The van der Waals surface area contributed by atoms with Gasteiger partial charge in [-0.1, -0.05) is 0 Å². The molecule has 0 bridgehead atoms. The van der Waals surface area contributed by atoms with Gasteiger partial charge in [0.25, 0.3) is 0 Å². The lowest BCUT2D eigenvalue weighted by atomic mass is 10.4. The Morgan fingerprint density at radius 1 is 1.73 bits per heavy atom. The second kappa shape index (κ2) is 3.09. The first-order chi connectivity index (χ1) is 5.18. The number of rotatable bonds is 2. The van der Waals surface area contributed by atoms with Crippen LogP contribution in [0.2, 0.25) is 0 Å². The van der Waals surface area contributed by atoms with Crippen LogP contribution in [-0.4, -0.2) is 5.96 Å². The number of aryl methyl sites for hydroxylation is 1. The molecule has 0 unspecified atom stereocenters. The third kappa shape index (κ3) is 2.33. The first-order valence-electron chi connectivity index (χ1n) is 3.31. The van der Waals surface area contributed by atoms with Crippen LogP contribution >= 0.6 is 0 Å². The molecule has 0 saturated carbocycles. The first kappa shape index (κ1) is 7.65. The molecule has 4 heteroatoms. The lowest BCUT2D eigenvalue weighted by molar-refractivity contribution is 0.477. The van der Waals surface area contributed by atoms with Crippen LogP contribution in [-0.2, 0) is 6.54 Å². The molecule has 0 fully saturated rings. The maximum atomic E-state index is 6.88. The van der Waals surface area contributed by atoms with E-state index in [2.05, 4.69) is 5.32 Å². The highest BCUT2D eigenvalue weighted by Gasteiger charge is 1.96. The summed E-state index contributed by atoms with van der Waals surface area (Å²) in [5, 5.41) is 9.52. The molecule has 0 radical (unpaired) electrons. The minimum absolute atomic E-state index is 0.0425. The van der Waals surface area contributed by atoms with Crippen molar-refractivity contribution in [2.75, 3.05) is 0 Å².